The number of carboxylic acid groups (broad SMARTS) is 1. The van der Waals surface area contributed by atoms with Crippen molar-refractivity contribution in [2.45, 2.75) is 58.2 Å². The smallest absolute Gasteiger partial charge is 0.335 e. The van der Waals surface area contributed by atoms with E-state index in [0.29, 0.717) is 23.1 Å². The molecule has 3 aromatic rings. The summed E-state index contributed by atoms with van der Waals surface area (Å²) in [6.07, 6.45) is 0.714. The zero-order valence-electron chi connectivity index (χ0n) is 22.4. The third-order valence-electron chi connectivity index (χ3n) is 7.36. The fraction of sp³-hybridized carbons (Fsp3) is 0.281. The van der Waals surface area contributed by atoms with Crippen LogP contribution in [0.2, 0.25) is 0 Å². The Morgan fingerprint density at radius 2 is 1.59 bits per heavy atom. The Morgan fingerprint density at radius 3 is 2.21 bits per heavy atom. The van der Waals surface area contributed by atoms with E-state index in [4.69, 9.17) is 4.74 Å². The number of Topliss-reactive ketones (excluding diaryl/α,β-unsaturated/α-hetero) is 1. The van der Waals surface area contributed by atoms with Crippen molar-refractivity contribution >= 4 is 23.4 Å². The molecular formula is C32H31NO6. The van der Waals surface area contributed by atoms with Crippen molar-refractivity contribution in [2.24, 2.45) is 0 Å². The summed E-state index contributed by atoms with van der Waals surface area (Å²) in [5.41, 5.74) is 3.92. The molecule has 5 rings (SSSR count). The maximum atomic E-state index is 13.4. The fourth-order valence-corrected chi connectivity index (χ4v) is 5.23. The topological polar surface area (TPSA) is 104 Å². The van der Waals surface area contributed by atoms with Gasteiger partial charge in [0.25, 0.3) is 11.7 Å². The highest BCUT2D eigenvalue weighted by molar-refractivity contribution is 6.46. The highest BCUT2D eigenvalue weighted by Crippen LogP contribution is 2.42. The van der Waals surface area contributed by atoms with Gasteiger partial charge in [-0.25, -0.2) is 4.79 Å². The average molecular weight is 526 g/mol. The van der Waals surface area contributed by atoms with Gasteiger partial charge >= 0.3 is 5.97 Å². The zero-order valence-corrected chi connectivity index (χ0v) is 22.4. The van der Waals surface area contributed by atoms with Crippen LogP contribution in [0.15, 0.2) is 72.3 Å². The van der Waals surface area contributed by atoms with Crippen LogP contribution in [0.5, 0.6) is 5.75 Å². The van der Waals surface area contributed by atoms with Crippen LogP contribution in [0, 0.1) is 0 Å². The number of ether oxygens (including phenoxy) is 1. The molecule has 39 heavy (non-hydrogen) atoms. The van der Waals surface area contributed by atoms with Crippen LogP contribution < -0.4 is 4.74 Å². The molecule has 1 saturated heterocycles. The summed E-state index contributed by atoms with van der Waals surface area (Å²) in [4.78, 5) is 39.6. The van der Waals surface area contributed by atoms with Crippen molar-refractivity contribution in [3.05, 3.63) is 106 Å². The van der Waals surface area contributed by atoms with E-state index in [0.717, 1.165) is 16.9 Å². The minimum Gasteiger partial charge on any atom is -0.507 e. The van der Waals surface area contributed by atoms with Gasteiger partial charge in [0, 0.05) is 18.5 Å². The number of fused-ring (bicyclic) bond motifs is 1. The number of benzene rings is 3. The Balaban J connectivity index is 1.60. The quantitative estimate of drug-likeness (QED) is 0.254. The van der Waals surface area contributed by atoms with Crippen LogP contribution in [-0.4, -0.2) is 38.9 Å². The molecule has 2 aliphatic heterocycles. The van der Waals surface area contributed by atoms with Gasteiger partial charge in [-0.2, -0.15) is 0 Å². The number of aliphatic hydroxyl groups is 1. The van der Waals surface area contributed by atoms with E-state index in [1.807, 2.05) is 37.3 Å². The van der Waals surface area contributed by atoms with Crippen molar-refractivity contribution in [1.82, 2.24) is 4.90 Å². The van der Waals surface area contributed by atoms with Gasteiger partial charge in [0.2, 0.25) is 0 Å². The summed E-state index contributed by atoms with van der Waals surface area (Å²) in [5.74, 6) is -2.01. The highest BCUT2D eigenvalue weighted by atomic mass is 16.5. The SMILES string of the molecule is CC1Cc2cc(/C(O)=C3/C(=O)C(=O)N(Cc4ccc(C(=O)O)cc4)C3c3ccc(C(C)(C)C)cc3)ccc2O1. The van der Waals surface area contributed by atoms with Crippen LogP contribution >= 0.6 is 0 Å². The van der Waals surface area contributed by atoms with Crippen LogP contribution in [0.3, 0.4) is 0 Å². The summed E-state index contributed by atoms with van der Waals surface area (Å²) in [6, 6.07) is 18.4. The number of amides is 1. The third-order valence-corrected chi connectivity index (χ3v) is 7.36. The summed E-state index contributed by atoms with van der Waals surface area (Å²) >= 11 is 0. The molecule has 0 spiro atoms. The van der Waals surface area contributed by atoms with E-state index in [-0.39, 0.29) is 35.0 Å². The molecule has 2 aliphatic rings. The molecule has 0 aromatic heterocycles. The highest BCUT2D eigenvalue weighted by Gasteiger charge is 2.46. The van der Waals surface area contributed by atoms with Gasteiger partial charge in [-0.05, 0) is 64.9 Å². The molecule has 2 atom stereocenters. The van der Waals surface area contributed by atoms with E-state index < -0.39 is 23.7 Å². The minimum atomic E-state index is -1.05. The maximum Gasteiger partial charge on any atom is 0.335 e. The molecule has 7 heteroatoms. The van der Waals surface area contributed by atoms with Gasteiger partial charge in [-0.15, -0.1) is 0 Å². The molecule has 1 fully saturated rings. The van der Waals surface area contributed by atoms with E-state index in [1.54, 1.807) is 24.3 Å². The van der Waals surface area contributed by atoms with Gasteiger partial charge in [0.05, 0.1) is 17.2 Å². The lowest BCUT2D eigenvalue weighted by molar-refractivity contribution is -0.140. The summed E-state index contributed by atoms with van der Waals surface area (Å²) in [6.45, 7) is 8.35. The standard InChI is InChI=1S/C32H31NO6/c1-18-15-23-16-22(11-14-25(23)39-18)28(34)26-27(20-9-12-24(13-10-20)32(2,3)4)33(30(36)29(26)35)17-19-5-7-21(8-6-19)31(37)38/h5-14,16,18,27,34H,15,17H2,1-4H3,(H,37,38)/b28-26-. The number of rotatable bonds is 5. The Kier molecular flexibility index (Phi) is 6.54. The number of carbonyl (C=O) groups excluding carboxylic acids is 2. The molecule has 2 unspecified atom stereocenters. The van der Waals surface area contributed by atoms with Crippen molar-refractivity contribution in [1.29, 1.82) is 0 Å². The van der Waals surface area contributed by atoms with Gasteiger partial charge in [0.15, 0.2) is 0 Å². The first-order chi connectivity index (χ1) is 18.4. The van der Waals surface area contributed by atoms with Crippen molar-refractivity contribution in [3.63, 3.8) is 0 Å². The van der Waals surface area contributed by atoms with Gasteiger partial charge in [-0.3, -0.25) is 9.59 Å². The Morgan fingerprint density at radius 1 is 0.949 bits per heavy atom. The Hall–Kier alpha value is -4.39. The fourth-order valence-electron chi connectivity index (χ4n) is 5.23. The molecule has 0 bridgehead atoms. The number of aromatic carboxylic acids is 1. The van der Waals surface area contributed by atoms with Crippen LogP contribution in [-0.2, 0) is 28.0 Å². The number of nitrogens with zero attached hydrogens (tertiary/aromatic N) is 1. The summed E-state index contributed by atoms with van der Waals surface area (Å²) in [5, 5.41) is 20.7. The molecular weight excluding hydrogens is 494 g/mol. The molecule has 0 aliphatic carbocycles. The predicted molar refractivity (Wildman–Crippen MR) is 147 cm³/mol. The lowest BCUT2D eigenvalue weighted by Gasteiger charge is -2.26. The minimum absolute atomic E-state index is 0.0248. The molecule has 0 saturated carbocycles. The van der Waals surface area contributed by atoms with E-state index in [9.17, 15) is 24.6 Å². The molecule has 2 heterocycles. The monoisotopic (exact) mass is 525 g/mol. The zero-order chi connectivity index (χ0) is 28.1. The van der Waals surface area contributed by atoms with Crippen LogP contribution in [0.25, 0.3) is 5.76 Å². The number of carboxylic acids is 1. The van der Waals surface area contributed by atoms with Gasteiger partial charge in [0.1, 0.15) is 17.6 Å². The van der Waals surface area contributed by atoms with Gasteiger partial charge < -0.3 is 19.8 Å². The second kappa shape index (κ2) is 9.73. The first kappa shape index (κ1) is 26.2. The molecule has 0 radical (unpaired) electrons. The van der Waals surface area contributed by atoms with Gasteiger partial charge in [-0.1, -0.05) is 57.2 Å². The molecule has 2 N–H and O–H groups in total. The number of likely N-dealkylation sites (tertiary alicyclic amines) is 1. The maximum absolute atomic E-state index is 13.4. The Bertz CT molecular complexity index is 1500. The molecule has 200 valence electrons. The van der Waals surface area contributed by atoms with E-state index >= 15 is 0 Å². The number of hydrogen-bond donors (Lipinski definition) is 2. The Labute approximate surface area is 227 Å². The lowest BCUT2D eigenvalue weighted by Crippen LogP contribution is -2.29. The van der Waals surface area contributed by atoms with Crippen LogP contribution in [0.4, 0.5) is 0 Å². The first-order valence-electron chi connectivity index (χ1n) is 12.9. The van der Waals surface area contributed by atoms with Crippen molar-refractivity contribution in [3.8, 4) is 5.75 Å². The summed E-state index contributed by atoms with van der Waals surface area (Å²) < 4.78 is 5.78. The molecule has 3 aromatic carbocycles. The number of aliphatic hydroxyl groups excluding tert-OH is 1. The van der Waals surface area contributed by atoms with E-state index in [2.05, 4.69) is 20.8 Å². The lowest BCUT2D eigenvalue weighted by atomic mass is 9.85. The van der Waals surface area contributed by atoms with Crippen molar-refractivity contribution < 1.29 is 29.3 Å². The molecule has 7 nitrogen and oxygen atoms in total. The van der Waals surface area contributed by atoms with Crippen molar-refractivity contribution in [2.75, 3.05) is 0 Å². The normalized spacial score (nSPS) is 20.2. The first-order valence-corrected chi connectivity index (χ1v) is 12.9. The number of carbonyl (C=O) groups is 3. The second-order valence-electron chi connectivity index (χ2n) is 11.3. The predicted octanol–water partition coefficient (Wildman–Crippen LogP) is 5.63. The third kappa shape index (κ3) is 4.92. The summed E-state index contributed by atoms with van der Waals surface area (Å²) in [7, 11) is 0. The largest absolute Gasteiger partial charge is 0.507 e. The van der Waals surface area contributed by atoms with E-state index in [1.165, 1.54) is 17.0 Å². The average Bonchev–Trinajstić information content (AvgIpc) is 3.39. The van der Waals surface area contributed by atoms with Crippen LogP contribution in [0.1, 0.15) is 71.9 Å². The number of ketones is 1. The molecule has 1 amide bonds. The second-order valence-corrected chi connectivity index (χ2v) is 11.3. The number of hydrogen-bond acceptors (Lipinski definition) is 5.